The summed E-state index contributed by atoms with van der Waals surface area (Å²) in [5.41, 5.74) is 0.416. The van der Waals surface area contributed by atoms with Gasteiger partial charge in [0.2, 0.25) is 0 Å². The van der Waals surface area contributed by atoms with Gasteiger partial charge in [-0.25, -0.2) is 9.18 Å². The van der Waals surface area contributed by atoms with E-state index in [0.29, 0.717) is 17.9 Å². The molecule has 1 N–H and O–H groups in total. The van der Waals surface area contributed by atoms with E-state index in [-0.39, 0.29) is 6.10 Å². The number of carbonyl (C=O) groups is 1. The van der Waals surface area contributed by atoms with Crippen LogP contribution in [0.4, 0.5) is 4.39 Å². The van der Waals surface area contributed by atoms with Crippen LogP contribution in [0.1, 0.15) is 24.8 Å². The first kappa shape index (κ1) is 14.5. The molecule has 0 saturated carbocycles. The van der Waals surface area contributed by atoms with Crippen molar-refractivity contribution in [1.29, 1.82) is 0 Å². The van der Waals surface area contributed by atoms with E-state index >= 15 is 0 Å². The standard InChI is InChI=1S/C15H17FO4/c16-12-4-5-14(11(10-12)3-6-15(17)18)20-9-7-13-2-1-8-19-13/h3-6,10,13H,1-2,7-9H2,(H,17,18)/b6-3+. The maximum atomic E-state index is 13.2. The van der Waals surface area contributed by atoms with E-state index in [2.05, 4.69) is 0 Å². The second-order valence-electron chi connectivity index (χ2n) is 4.63. The normalized spacial score (nSPS) is 18.6. The molecular formula is C15H17FO4. The first-order valence-electron chi connectivity index (χ1n) is 6.60. The Labute approximate surface area is 116 Å². The molecule has 0 aliphatic carbocycles. The molecule has 1 heterocycles. The van der Waals surface area contributed by atoms with Gasteiger partial charge in [0.25, 0.3) is 0 Å². The highest BCUT2D eigenvalue weighted by Gasteiger charge is 2.15. The Morgan fingerprint density at radius 1 is 1.55 bits per heavy atom. The van der Waals surface area contributed by atoms with Gasteiger partial charge in [0.1, 0.15) is 11.6 Å². The molecule has 1 aliphatic heterocycles. The van der Waals surface area contributed by atoms with Crippen molar-refractivity contribution in [2.75, 3.05) is 13.2 Å². The van der Waals surface area contributed by atoms with Crippen LogP contribution in [-0.4, -0.2) is 30.4 Å². The summed E-state index contributed by atoms with van der Waals surface area (Å²) in [6.07, 6.45) is 5.41. The average molecular weight is 280 g/mol. The minimum absolute atomic E-state index is 0.230. The molecule has 0 amide bonds. The first-order valence-corrected chi connectivity index (χ1v) is 6.60. The van der Waals surface area contributed by atoms with Gasteiger partial charge in [-0.3, -0.25) is 0 Å². The van der Waals surface area contributed by atoms with Crippen LogP contribution in [0, 0.1) is 5.82 Å². The van der Waals surface area contributed by atoms with E-state index < -0.39 is 11.8 Å². The molecule has 1 aromatic carbocycles. The molecule has 20 heavy (non-hydrogen) atoms. The van der Waals surface area contributed by atoms with E-state index in [4.69, 9.17) is 14.6 Å². The fourth-order valence-corrected chi connectivity index (χ4v) is 2.11. The Morgan fingerprint density at radius 2 is 2.40 bits per heavy atom. The molecule has 0 spiro atoms. The van der Waals surface area contributed by atoms with Crippen LogP contribution in [0.25, 0.3) is 6.08 Å². The molecule has 2 rings (SSSR count). The monoisotopic (exact) mass is 280 g/mol. The lowest BCUT2D eigenvalue weighted by Gasteiger charge is -2.12. The van der Waals surface area contributed by atoms with Gasteiger partial charge in [-0.15, -0.1) is 0 Å². The summed E-state index contributed by atoms with van der Waals surface area (Å²) in [6, 6.07) is 4.05. The van der Waals surface area contributed by atoms with Crippen molar-refractivity contribution in [2.45, 2.75) is 25.4 Å². The Bertz CT molecular complexity index is 493. The number of hydrogen-bond acceptors (Lipinski definition) is 3. The van der Waals surface area contributed by atoms with Crippen LogP contribution >= 0.6 is 0 Å². The zero-order valence-corrected chi connectivity index (χ0v) is 11.0. The predicted molar refractivity (Wildman–Crippen MR) is 72.2 cm³/mol. The topological polar surface area (TPSA) is 55.8 Å². The fraction of sp³-hybridized carbons (Fsp3) is 0.400. The quantitative estimate of drug-likeness (QED) is 0.814. The van der Waals surface area contributed by atoms with Crippen molar-refractivity contribution < 1.29 is 23.8 Å². The zero-order chi connectivity index (χ0) is 14.4. The van der Waals surface area contributed by atoms with Gasteiger partial charge in [-0.1, -0.05) is 0 Å². The number of rotatable bonds is 6. The lowest BCUT2D eigenvalue weighted by Crippen LogP contribution is -2.11. The van der Waals surface area contributed by atoms with Gasteiger partial charge in [-0.05, 0) is 37.1 Å². The van der Waals surface area contributed by atoms with Crippen LogP contribution in [-0.2, 0) is 9.53 Å². The lowest BCUT2D eigenvalue weighted by atomic mass is 10.1. The van der Waals surface area contributed by atoms with Gasteiger partial charge < -0.3 is 14.6 Å². The molecular weight excluding hydrogens is 263 g/mol. The number of hydrogen-bond donors (Lipinski definition) is 1. The summed E-state index contributed by atoms with van der Waals surface area (Å²) in [5, 5.41) is 8.62. The molecule has 1 unspecified atom stereocenters. The highest BCUT2D eigenvalue weighted by molar-refractivity contribution is 5.85. The maximum absolute atomic E-state index is 13.2. The van der Waals surface area contributed by atoms with E-state index in [1.165, 1.54) is 24.3 Å². The van der Waals surface area contributed by atoms with Crippen molar-refractivity contribution in [1.82, 2.24) is 0 Å². The number of aliphatic carboxylic acids is 1. The summed E-state index contributed by atoms with van der Waals surface area (Å²) in [7, 11) is 0. The third kappa shape index (κ3) is 4.35. The SMILES string of the molecule is O=C(O)/C=C/c1cc(F)ccc1OCCC1CCCO1. The van der Waals surface area contributed by atoms with E-state index in [0.717, 1.165) is 31.9 Å². The van der Waals surface area contributed by atoms with Crippen LogP contribution < -0.4 is 4.74 Å². The van der Waals surface area contributed by atoms with E-state index in [9.17, 15) is 9.18 Å². The molecule has 1 saturated heterocycles. The first-order chi connectivity index (χ1) is 9.65. The third-order valence-electron chi connectivity index (χ3n) is 3.10. The van der Waals surface area contributed by atoms with Crippen LogP contribution in [0.5, 0.6) is 5.75 Å². The van der Waals surface area contributed by atoms with Crippen molar-refractivity contribution in [3.8, 4) is 5.75 Å². The van der Waals surface area contributed by atoms with Gasteiger partial charge in [0.05, 0.1) is 12.7 Å². The Hall–Kier alpha value is -1.88. The largest absolute Gasteiger partial charge is 0.493 e. The van der Waals surface area contributed by atoms with E-state index in [1.807, 2.05) is 0 Å². The van der Waals surface area contributed by atoms with Gasteiger partial charge in [0.15, 0.2) is 0 Å². The van der Waals surface area contributed by atoms with Crippen molar-refractivity contribution >= 4 is 12.0 Å². The van der Waals surface area contributed by atoms with Gasteiger partial charge >= 0.3 is 5.97 Å². The van der Waals surface area contributed by atoms with Crippen molar-refractivity contribution in [2.24, 2.45) is 0 Å². The molecule has 1 aliphatic rings. The third-order valence-corrected chi connectivity index (χ3v) is 3.10. The number of halogens is 1. The second kappa shape index (κ2) is 7.05. The van der Waals surface area contributed by atoms with Crippen LogP contribution in [0.2, 0.25) is 0 Å². The van der Waals surface area contributed by atoms with Crippen molar-refractivity contribution in [3.05, 3.63) is 35.7 Å². The number of carboxylic acid groups (broad SMARTS) is 1. The summed E-state index contributed by atoms with van der Waals surface area (Å²) in [4.78, 5) is 10.5. The number of ether oxygens (including phenoxy) is 2. The second-order valence-corrected chi connectivity index (χ2v) is 4.63. The maximum Gasteiger partial charge on any atom is 0.328 e. The number of carboxylic acids is 1. The fourth-order valence-electron chi connectivity index (χ4n) is 2.11. The molecule has 5 heteroatoms. The van der Waals surface area contributed by atoms with Gasteiger partial charge in [0, 0.05) is 24.7 Å². The minimum Gasteiger partial charge on any atom is -0.493 e. The highest BCUT2D eigenvalue weighted by Crippen LogP contribution is 2.22. The minimum atomic E-state index is -1.08. The molecule has 1 atom stereocenters. The predicted octanol–water partition coefficient (Wildman–Crippen LogP) is 2.87. The van der Waals surface area contributed by atoms with Gasteiger partial charge in [-0.2, -0.15) is 0 Å². The summed E-state index contributed by atoms with van der Waals surface area (Å²) in [6.45, 7) is 1.26. The molecule has 0 bridgehead atoms. The average Bonchev–Trinajstić information content (AvgIpc) is 2.91. The molecule has 0 radical (unpaired) electrons. The summed E-state index contributed by atoms with van der Waals surface area (Å²) in [5.74, 6) is -1.04. The molecule has 1 aromatic rings. The Balaban J connectivity index is 1.96. The summed E-state index contributed by atoms with van der Waals surface area (Å²) < 4.78 is 24.3. The Morgan fingerprint density at radius 3 is 3.10 bits per heavy atom. The highest BCUT2D eigenvalue weighted by atomic mass is 19.1. The summed E-state index contributed by atoms with van der Waals surface area (Å²) >= 11 is 0. The lowest BCUT2D eigenvalue weighted by molar-refractivity contribution is -0.131. The smallest absolute Gasteiger partial charge is 0.328 e. The number of benzene rings is 1. The molecule has 0 aromatic heterocycles. The van der Waals surface area contributed by atoms with Crippen LogP contribution in [0.3, 0.4) is 0 Å². The molecule has 4 nitrogen and oxygen atoms in total. The molecule has 108 valence electrons. The molecule has 1 fully saturated rings. The van der Waals surface area contributed by atoms with Crippen molar-refractivity contribution in [3.63, 3.8) is 0 Å². The van der Waals surface area contributed by atoms with Crippen LogP contribution in [0.15, 0.2) is 24.3 Å². The zero-order valence-electron chi connectivity index (χ0n) is 11.0. The van der Waals surface area contributed by atoms with E-state index in [1.54, 1.807) is 0 Å². The Kier molecular flexibility index (Phi) is 5.12.